The van der Waals surface area contributed by atoms with E-state index in [0.717, 1.165) is 86.6 Å². The molecule has 1 unspecified atom stereocenters. The van der Waals surface area contributed by atoms with Gasteiger partial charge in [0.15, 0.2) is 0 Å². The molecule has 0 saturated carbocycles. The van der Waals surface area contributed by atoms with Gasteiger partial charge in [-0.2, -0.15) is 0 Å². The van der Waals surface area contributed by atoms with Gasteiger partial charge in [-0.15, -0.1) is 0 Å². The predicted octanol–water partition coefficient (Wildman–Crippen LogP) is 5.64. The number of piperazine rings is 1. The number of amides is 3. The number of aromatic hydroxyl groups is 1. The molecule has 0 radical (unpaired) electrons. The van der Waals surface area contributed by atoms with Gasteiger partial charge in [0.1, 0.15) is 23.4 Å². The van der Waals surface area contributed by atoms with Crippen LogP contribution in [-0.2, 0) is 16.1 Å². The van der Waals surface area contributed by atoms with Crippen LogP contribution in [0.5, 0.6) is 11.5 Å². The van der Waals surface area contributed by atoms with Crippen LogP contribution >= 0.6 is 0 Å². The van der Waals surface area contributed by atoms with Crippen molar-refractivity contribution in [2.45, 2.75) is 50.1 Å². The molecule has 5 aliphatic rings. The Kier molecular flexibility index (Phi) is 9.41. The standard InChI is InChI=1S/C44H46FN5O5/c45-37-23-30(42-35-10-8-33(51)24-40(35)55-27-36(42)29-4-2-1-3-5-29)6-11-38(37)49-16-14-28(15-17-49)25-47-18-20-48(21-19-47)32-7-9-34-31(22-32)26-50(44(34)54)39-12-13-41(52)46-43(39)53/h1-11,22-24,28,36,39,42,51H,12-21,25-27H2,(H,46,52,53)/t36?,39-,42+/m0/s1. The van der Waals surface area contributed by atoms with Gasteiger partial charge in [-0.25, -0.2) is 4.39 Å². The van der Waals surface area contributed by atoms with Crippen LogP contribution in [0.3, 0.4) is 0 Å². The van der Waals surface area contributed by atoms with Crippen LogP contribution in [0.4, 0.5) is 15.8 Å². The summed E-state index contributed by atoms with van der Waals surface area (Å²) >= 11 is 0. The van der Waals surface area contributed by atoms with Crippen LogP contribution in [0.25, 0.3) is 0 Å². The molecule has 10 nitrogen and oxygen atoms in total. The first-order valence-corrected chi connectivity index (χ1v) is 19.6. The lowest BCUT2D eigenvalue weighted by molar-refractivity contribution is -0.136. The van der Waals surface area contributed by atoms with E-state index in [0.29, 0.717) is 42.5 Å². The number of piperidine rings is 2. The number of nitrogens with zero attached hydrogens (tertiary/aromatic N) is 4. The van der Waals surface area contributed by atoms with Crippen molar-refractivity contribution in [1.29, 1.82) is 0 Å². The van der Waals surface area contributed by atoms with Gasteiger partial charge in [-0.1, -0.05) is 42.5 Å². The second-order valence-corrected chi connectivity index (χ2v) is 15.7. The van der Waals surface area contributed by atoms with Gasteiger partial charge in [-0.05, 0) is 78.3 Å². The molecule has 5 aliphatic heterocycles. The number of carbonyl (C=O) groups excluding carboxylic acids is 3. The quantitative estimate of drug-likeness (QED) is 0.235. The molecule has 2 N–H and O–H groups in total. The van der Waals surface area contributed by atoms with Crippen LogP contribution < -0.4 is 19.9 Å². The molecule has 3 saturated heterocycles. The Morgan fingerprint density at radius 3 is 2.36 bits per heavy atom. The summed E-state index contributed by atoms with van der Waals surface area (Å²) < 4.78 is 22.2. The summed E-state index contributed by atoms with van der Waals surface area (Å²) in [6.45, 7) is 7.18. The van der Waals surface area contributed by atoms with Gasteiger partial charge in [0, 0.05) is 93.5 Å². The zero-order valence-corrected chi connectivity index (χ0v) is 30.8. The maximum atomic E-state index is 16.1. The molecule has 9 rings (SSSR count). The van der Waals surface area contributed by atoms with Crippen molar-refractivity contribution in [2.75, 3.05) is 62.2 Å². The van der Waals surface area contributed by atoms with E-state index in [1.165, 1.54) is 0 Å². The molecule has 3 fully saturated rings. The van der Waals surface area contributed by atoms with Crippen molar-refractivity contribution in [3.8, 4) is 11.5 Å². The maximum absolute atomic E-state index is 16.1. The first kappa shape index (κ1) is 35.3. The lowest BCUT2D eigenvalue weighted by atomic mass is 9.76. The second-order valence-electron chi connectivity index (χ2n) is 15.7. The average Bonchev–Trinajstić information content (AvgIpc) is 3.53. The largest absolute Gasteiger partial charge is 0.508 e. The number of fused-ring (bicyclic) bond motifs is 2. The Labute approximate surface area is 320 Å². The number of imide groups is 1. The number of nitrogens with one attached hydrogen (secondary N) is 1. The van der Waals surface area contributed by atoms with E-state index < -0.39 is 6.04 Å². The normalized spacial score (nSPS) is 23.3. The van der Waals surface area contributed by atoms with Crippen molar-refractivity contribution < 1.29 is 28.6 Å². The number of phenolic OH excluding ortho intramolecular Hbond substituents is 1. The molecule has 0 aromatic heterocycles. The summed E-state index contributed by atoms with van der Waals surface area (Å²) in [5.74, 6) is 0.232. The van der Waals surface area contributed by atoms with Gasteiger partial charge >= 0.3 is 0 Å². The van der Waals surface area contributed by atoms with Gasteiger partial charge in [0.2, 0.25) is 11.8 Å². The zero-order chi connectivity index (χ0) is 37.6. The van der Waals surface area contributed by atoms with Crippen molar-refractivity contribution in [3.05, 3.63) is 119 Å². The summed E-state index contributed by atoms with van der Waals surface area (Å²) in [5, 5.41) is 12.5. The number of carbonyl (C=O) groups is 3. The number of rotatable bonds is 7. The van der Waals surface area contributed by atoms with Crippen molar-refractivity contribution in [3.63, 3.8) is 0 Å². The minimum Gasteiger partial charge on any atom is -0.508 e. The summed E-state index contributed by atoms with van der Waals surface area (Å²) in [5.41, 5.74) is 6.31. The summed E-state index contributed by atoms with van der Waals surface area (Å²) in [6, 6.07) is 26.6. The van der Waals surface area contributed by atoms with Crippen molar-refractivity contribution in [1.82, 2.24) is 15.1 Å². The predicted molar refractivity (Wildman–Crippen MR) is 207 cm³/mol. The fourth-order valence-corrected chi connectivity index (χ4v) is 9.44. The number of anilines is 2. The van der Waals surface area contributed by atoms with Crippen LogP contribution in [0, 0.1) is 11.7 Å². The maximum Gasteiger partial charge on any atom is 0.255 e. The highest BCUT2D eigenvalue weighted by molar-refractivity contribution is 6.05. The molecule has 0 aliphatic carbocycles. The smallest absolute Gasteiger partial charge is 0.255 e. The summed E-state index contributed by atoms with van der Waals surface area (Å²) in [4.78, 5) is 45.9. The van der Waals surface area contributed by atoms with E-state index in [4.69, 9.17) is 4.74 Å². The highest BCUT2D eigenvalue weighted by Crippen LogP contribution is 2.47. The molecule has 3 atom stereocenters. The Bertz CT molecular complexity index is 2110. The zero-order valence-electron chi connectivity index (χ0n) is 30.8. The molecule has 4 aromatic carbocycles. The first-order chi connectivity index (χ1) is 26.8. The minimum absolute atomic E-state index is 0.0120. The number of ether oxygens (including phenoxy) is 1. The fourth-order valence-electron chi connectivity index (χ4n) is 9.44. The molecular weight excluding hydrogens is 698 g/mol. The molecular formula is C44H46FN5O5. The highest BCUT2D eigenvalue weighted by Gasteiger charge is 2.40. The lowest BCUT2D eigenvalue weighted by Gasteiger charge is -2.40. The Hall–Kier alpha value is -5.42. The highest BCUT2D eigenvalue weighted by atomic mass is 19.1. The Morgan fingerprint density at radius 1 is 0.800 bits per heavy atom. The van der Waals surface area contributed by atoms with Gasteiger partial charge in [0.05, 0.1) is 12.3 Å². The summed E-state index contributed by atoms with van der Waals surface area (Å²) in [7, 11) is 0. The number of benzene rings is 4. The van der Waals surface area contributed by atoms with Crippen molar-refractivity contribution in [2.24, 2.45) is 5.92 Å². The van der Waals surface area contributed by atoms with Crippen LogP contribution in [0.1, 0.15) is 70.1 Å². The number of phenols is 1. The van der Waals surface area contributed by atoms with E-state index in [1.54, 1.807) is 23.1 Å². The molecule has 4 aromatic rings. The second kappa shape index (κ2) is 14.7. The molecule has 3 amide bonds. The molecule has 284 valence electrons. The summed E-state index contributed by atoms with van der Waals surface area (Å²) in [6.07, 6.45) is 2.63. The lowest BCUT2D eigenvalue weighted by Crippen LogP contribution is -2.52. The van der Waals surface area contributed by atoms with Crippen LogP contribution in [0.15, 0.2) is 84.9 Å². The molecule has 5 heterocycles. The SMILES string of the molecule is O=C1CC[C@H](N2Cc3cc(N4CCN(CC5CCN(c6ccc([C@@H]7c8ccc(O)cc8OCC7c7ccccc7)cc6F)CC5)CC4)ccc3C2=O)C(=O)N1. The van der Waals surface area contributed by atoms with Gasteiger partial charge in [-0.3, -0.25) is 24.6 Å². The third-order valence-electron chi connectivity index (χ3n) is 12.4. The number of halogens is 1. The fraction of sp³-hybridized carbons (Fsp3) is 0.386. The van der Waals surface area contributed by atoms with E-state index in [2.05, 4.69) is 44.3 Å². The van der Waals surface area contributed by atoms with Crippen LogP contribution in [-0.4, -0.2) is 91.1 Å². The molecule has 0 spiro atoms. The van der Waals surface area contributed by atoms with E-state index >= 15 is 4.39 Å². The minimum atomic E-state index is -0.609. The molecule has 11 heteroatoms. The topological polar surface area (TPSA) is 106 Å². The average molecular weight is 744 g/mol. The number of hydrogen-bond donors (Lipinski definition) is 2. The monoisotopic (exact) mass is 743 g/mol. The van der Waals surface area contributed by atoms with Crippen LogP contribution in [0.2, 0.25) is 0 Å². The Balaban J connectivity index is 0.795. The van der Waals surface area contributed by atoms with Gasteiger partial charge in [0.25, 0.3) is 5.91 Å². The first-order valence-electron chi connectivity index (χ1n) is 19.6. The van der Waals surface area contributed by atoms with Crippen molar-refractivity contribution >= 4 is 29.1 Å². The van der Waals surface area contributed by atoms with E-state index in [9.17, 15) is 19.5 Å². The van der Waals surface area contributed by atoms with E-state index in [1.807, 2.05) is 42.5 Å². The molecule has 0 bridgehead atoms. The van der Waals surface area contributed by atoms with Gasteiger partial charge < -0.3 is 24.5 Å². The Morgan fingerprint density at radius 2 is 1.60 bits per heavy atom. The third kappa shape index (κ3) is 6.90. The third-order valence-corrected chi connectivity index (χ3v) is 12.4. The van der Waals surface area contributed by atoms with E-state index in [-0.39, 0.29) is 47.5 Å². The molecule has 55 heavy (non-hydrogen) atoms. The number of hydrogen-bond acceptors (Lipinski definition) is 8.